The minimum atomic E-state index is 0.384. The first-order valence-electron chi connectivity index (χ1n) is 2.03. The molecular formula is C3H10BN. The fraction of sp³-hybridized carbons (Fsp3) is 1.00. The molecule has 0 rings (SSSR count). The largest absolute Gasteiger partial charge is 0.335 e. The summed E-state index contributed by atoms with van der Waals surface area (Å²) < 4.78 is 0. The van der Waals surface area contributed by atoms with Crippen molar-refractivity contribution in [1.29, 1.82) is 0 Å². The van der Waals surface area contributed by atoms with Gasteiger partial charge in [-0.05, 0) is 5.94 Å². The molecular weight excluding hydrogens is 60.9 g/mol. The van der Waals surface area contributed by atoms with E-state index in [4.69, 9.17) is 5.73 Å². The summed E-state index contributed by atoms with van der Waals surface area (Å²) in [6.45, 7) is 4.07. The Bertz CT molecular complexity index is 20.9. The van der Waals surface area contributed by atoms with E-state index in [1.807, 2.05) is 6.92 Å². The van der Waals surface area contributed by atoms with Gasteiger partial charge >= 0.3 is 0 Å². The van der Waals surface area contributed by atoms with Gasteiger partial charge in [-0.3, -0.25) is 0 Å². The minimum absolute atomic E-state index is 0.384. The van der Waals surface area contributed by atoms with Crippen molar-refractivity contribution in [3.8, 4) is 0 Å². The number of hydrogen-bond donors (Lipinski definition) is 1. The van der Waals surface area contributed by atoms with E-state index in [2.05, 4.69) is 6.82 Å². The monoisotopic (exact) mass is 71.1 g/mol. The van der Waals surface area contributed by atoms with Crippen LogP contribution in [-0.2, 0) is 0 Å². The van der Waals surface area contributed by atoms with Gasteiger partial charge in [0.2, 0.25) is 0 Å². The van der Waals surface area contributed by atoms with Gasteiger partial charge in [0.1, 0.15) is 7.28 Å². The fourth-order valence-electron chi connectivity index (χ4n) is 0. The third kappa shape index (κ3) is 4.02. The second-order valence-electron chi connectivity index (χ2n) is 1.39. The van der Waals surface area contributed by atoms with Gasteiger partial charge in [0.25, 0.3) is 0 Å². The standard InChI is InChI=1S/C3H10BN/c1-3(5)4-2/h3-4H,5H2,1-2H3. The van der Waals surface area contributed by atoms with Gasteiger partial charge in [-0.2, -0.15) is 0 Å². The van der Waals surface area contributed by atoms with Crippen LogP contribution in [0, 0.1) is 0 Å². The molecule has 1 atom stereocenters. The quantitative estimate of drug-likeness (QED) is 0.425. The molecule has 1 nitrogen and oxygen atoms in total. The summed E-state index contributed by atoms with van der Waals surface area (Å²) in [7, 11) is 1.08. The van der Waals surface area contributed by atoms with Crippen molar-refractivity contribution in [1.82, 2.24) is 0 Å². The zero-order chi connectivity index (χ0) is 4.28. The predicted octanol–water partition coefficient (Wildman–Crippen LogP) is -0.224. The molecule has 0 aromatic heterocycles. The van der Waals surface area contributed by atoms with E-state index >= 15 is 0 Å². The van der Waals surface area contributed by atoms with Crippen LogP contribution in [-0.4, -0.2) is 13.2 Å². The molecule has 2 heteroatoms. The first kappa shape index (κ1) is 5.02. The smallest absolute Gasteiger partial charge is 0.138 e. The van der Waals surface area contributed by atoms with Crippen molar-refractivity contribution in [3.05, 3.63) is 0 Å². The average molecular weight is 70.9 g/mol. The van der Waals surface area contributed by atoms with Gasteiger partial charge in [-0.15, -0.1) is 0 Å². The van der Waals surface area contributed by atoms with E-state index in [1.54, 1.807) is 0 Å². The summed E-state index contributed by atoms with van der Waals surface area (Å²) in [4.78, 5) is 0. The highest BCUT2D eigenvalue weighted by Gasteiger charge is 1.83. The molecule has 0 aliphatic rings. The zero-order valence-electron chi connectivity index (χ0n) is 3.86. The van der Waals surface area contributed by atoms with Gasteiger partial charge in [0, 0.05) is 0 Å². The lowest BCUT2D eigenvalue weighted by Gasteiger charge is -1.89. The molecule has 0 aliphatic heterocycles. The third-order valence-electron chi connectivity index (χ3n) is 0.644. The van der Waals surface area contributed by atoms with Crippen molar-refractivity contribution in [2.45, 2.75) is 19.7 Å². The van der Waals surface area contributed by atoms with Gasteiger partial charge in [0.15, 0.2) is 0 Å². The highest BCUT2D eigenvalue weighted by atomic mass is 14.5. The predicted molar refractivity (Wildman–Crippen MR) is 26.7 cm³/mol. The first-order valence-corrected chi connectivity index (χ1v) is 2.03. The number of nitrogens with two attached hydrogens (primary N) is 1. The van der Waals surface area contributed by atoms with Crippen LogP contribution in [0.2, 0.25) is 6.82 Å². The van der Waals surface area contributed by atoms with E-state index in [1.165, 1.54) is 0 Å². The van der Waals surface area contributed by atoms with E-state index in [0.29, 0.717) is 5.94 Å². The van der Waals surface area contributed by atoms with Crippen LogP contribution in [0.3, 0.4) is 0 Å². The third-order valence-corrected chi connectivity index (χ3v) is 0.644. The molecule has 0 aliphatic carbocycles. The SMILES string of the molecule is CBC(C)N. The van der Waals surface area contributed by atoms with Gasteiger partial charge in [0.05, 0.1) is 0 Å². The number of rotatable bonds is 1. The van der Waals surface area contributed by atoms with Crippen LogP contribution in [0.4, 0.5) is 0 Å². The Balaban J connectivity index is 2.54. The van der Waals surface area contributed by atoms with Crippen molar-refractivity contribution in [3.63, 3.8) is 0 Å². The molecule has 0 heterocycles. The van der Waals surface area contributed by atoms with E-state index < -0.39 is 0 Å². The van der Waals surface area contributed by atoms with Gasteiger partial charge in [-0.1, -0.05) is 13.7 Å². The van der Waals surface area contributed by atoms with Crippen LogP contribution in [0.25, 0.3) is 0 Å². The maximum Gasteiger partial charge on any atom is 0.138 e. The maximum absolute atomic E-state index is 5.29. The van der Waals surface area contributed by atoms with Gasteiger partial charge in [-0.25, -0.2) is 0 Å². The van der Waals surface area contributed by atoms with Crippen molar-refractivity contribution < 1.29 is 0 Å². The summed E-state index contributed by atoms with van der Waals surface area (Å²) in [6, 6.07) is 0. The molecule has 0 radical (unpaired) electrons. The molecule has 0 bridgehead atoms. The normalized spacial score (nSPS) is 14.2. The molecule has 5 heavy (non-hydrogen) atoms. The Morgan fingerprint density at radius 1 is 1.80 bits per heavy atom. The van der Waals surface area contributed by atoms with E-state index in [0.717, 1.165) is 7.28 Å². The van der Waals surface area contributed by atoms with E-state index in [9.17, 15) is 0 Å². The lowest BCUT2D eigenvalue weighted by molar-refractivity contribution is 1.02. The molecule has 0 aromatic carbocycles. The van der Waals surface area contributed by atoms with Crippen molar-refractivity contribution in [2.75, 3.05) is 0 Å². The Hall–Kier alpha value is 0.0249. The molecule has 0 saturated heterocycles. The Morgan fingerprint density at radius 2 is 2.00 bits per heavy atom. The molecule has 0 amide bonds. The van der Waals surface area contributed by atoms with Crippen molar-refractivity contribution in [2.24, 2.45) is 5.73 Å². The second-order valence-corrected chi connectivity index (χ2v) is 1.39. The number of hydrogen-bond acceptors (Lipinski definition) is 1. The summed E-state index contributed by atoms with van der Waals surface area (Å²) >= 11 is 0. The van der Waals surface area contributed by atoms with Crippen molar-refractivity contribution >= 4 is 7.28 Å². The summed E-state index contributed by atoms with van der Waals surface area (Å²) in [5.41, 5.74) is 5.29. The lowest BCUT2D eigenvalue weighted by atomic mass is 9.74. The van der Waals surface area contributed by atoms with Crippen LogP contribution >= 0.6 is 0 Å². The lowest BCUT2D eigenvalue weighted by Crippen LogP contribution is -2.20. The highest BCUT2D eigenvalue weighted by molar-refractivity contribution is 6.35. The Kier molecular flexibility index (Phi) is 2.28. The molecule has 0 aromatic rings. The molecule has 30 valence electrons. The van der Waals surface area contributed by atoms with Crippen LogP contribution in [0.15, 0.2) is 0 Å². The average Bonchev–Trinajstić information content (AvgIpc) is 1.38. The molecule has 2 N–H and O–H groups in total. The Morgan fingerprint density at radius 3 is 2.00 bits per heavy atom. The molecule has 0 fully saturated rings. The topological polar surface area (TPSA) is 26.0 Å². The van der Waals surface area contributed by atoms with Crippen LogP contribution in [0.5, 0.6) is 0 Å². The second kappa shape index (κ2) is 2.27. The summed E-state index contributed by atoms with van der Waals surface area (Å²) in [5.74, 6) is 0.384. The molecule has 0 spiro atoms. The molecule has 1 unspecified atom stereocenters. The Labute approximate surface area is 33.8 Å². The molecule has 0 saturated carbocycles. The van der Waals surface area contributed by atoms with Crippen LogP contribution < -0.4 is 5.73 Å². The first-order chi connectivity index (χ1) is 2.27. The zero-order valence-corrected chi connectivity index (χ0v) is 3.86. The van der Waals surface area contributed by atoms with Crippen LogP contribution in [0.1, 0.15) is 6.92 Å². The fourth-order valence-corrected chi connectivity index (χ4v) is 0. The minimum Gasteiger partial charge on any atom is -0.335 e. The van der Waals surface area contributed by atoms with E-state index in [-0.39, 0.29) is 0 Å². The van der Waals surface area contributed by atoms with Gasteiger partial charge < -0.3 is 5.73 Å². The summed E-state index contributed by atoms with van der Waals surface area (Å²) in [6.07, 6.45) is 0. The highest BCUT2D eigenvalue weighted by Crippen LogP contribution is 1.62. The summed E-state index contributed by atoms with van der Waals surface area (Å²) in [5, 5.41) is 0. The maximum atomic E-state index is 5.29.